The second-order valence-corrected chi connectivity index (χ2v) is 3.87. The first-order chi connectivity index (χ1) is 7.58. The molecule has 1 heterocycles. The number of nitrogens with two attached hydrogens (primary N) is 1. The number of H-pyrrole nitrogens is 1. The van der Waals surface area contributed by atoms with Crippen LogP contribution < -0.4 is 5.73 Å². The van der Waals surface area contributed by atoms with Crippen molar-refractivity contribution in [1.82, 2.24) is 20.1 Å². The Hall–Kier alpha value is -1.43. The second kappa shape index (κ2) is 5.60. The summed E-state index contributed by atoms with van der Waals surface area (Å²) in [6.45, 7) is 4.58. The van der Waals surface area contributed by atoms with Crippen LogP contribution in [0.2, 0.25) is 0 Å². The Morgan fingerprint density at radius 3 is 2.75 bits per heavy atom. The molecule has 1 atom stereocenters. The zero-order valence-corrected chi connectivity index (χ0v) is 10.0. The van der Waals surface area contributed by atoms with Gasteiger partial charge < -0.3 is 10.6 Å². The van der Waals surface area contributed by atoms with Crippen molar-refractivity contribution < 1.29 is 4.79 Å². The van der Waals surface area contributed by atoms with Gasteiger partial charge in [-0.15, -0.1) is 0 Å². The molecular weight excluding hydrogens is 206 g/mol. The lowest BCUT2D eigenvalue weighted by molar-refractivity contribution is -0.134. The number of amides is 1. The average molecular weight is 225 g/mol. The Kier molecular flexibility index (Phi) is 4.42. The number of carbonyl (C=O) groups excluding carboxylic acids is 1. The molecule has 0 aliphatic carbocycles. The molecule has 16 heavy (non-hydrogen) atoms. The van der Waals surface area contributed by atoms with Crippen molar-refractivity contribution in [3.63, 3.8) is 0 Å². The first-order valence-corrected chi connectivity index (χ1v) is 5.41. The third-order valence-electron chi connectivity index (χ3n) is 2.52. The molecule has 0 spiro atoms. The van der Waals surface area contributed by atoms with Crippen molar-refractivity contribution in [3.8, 4) is 0 Å². The van der Waals surface area contributed by atoms with Gasteiger partial charge in [-0.05, 0) is 13.3 Å². The lowest BCUT2D eigenvalue weighted by atomic mass is 10.1. The lowest BCUT2D eigenvalue weighted by Gasteiger charge is -2.20. The minimum atomic E-state index is -0.106. The summed E-state index contributed by atoms with van der Waals surface area (Å²) in [5.41, 5.74) is 5.53. The van der Waals surface area contributed by atoms with E-state index in [-0.39, 0.29) is 11.8 Å². The lowest BCUT2D eigenvalue weighted by Crippen LogP contribution is -2.36. The molecule has 0 fully saturated rings. The standard InChI is InChI=1S/C10H19N5O/c1-4-8(5-11)10(16)15(3)6-9-12-7(2)13-14-9/h8H,4-6,11H2,1-3H3,(H,12,13,14). The second-order valence-electron chi connectivity index (χ2n) is 3.87. The SMILES string of the molecule is CCC(CN)C(=O)N(C)Cc1n[nH]c(C)n1. The molecule has 1 aromatic rings. The van der Waals surface area contributed by atoms with E-state index in [1.54, 1.807) is 11.9 Å². The summed E-state index contributed by atoms with van der Waals surface area (Å²) in [5, 5.41) is 6.73. The number of aromatic nitrogens is 3. The van der Waals surface area contributed by atoms with Gasteiger partial charge in [0, 0.05) is 13.6 Å². The fraction of sp³-hybridized carbons (Fsp3) is 0.700. The normalized spacial score (nSPS) is 12.5. The van der Waals surface area contributed by atoms with E-state index in [9.17, 15) is 4.79 Å². The molecule has 6 nitrogen and oxygen atoms in total. The third-order valence-corrected chi connectivity index (χ3v) is 2.52. The molecule has 0 aliphatic rings. The molecule has 0 aromatic carbocycles. The minimum Gasteiger partial charge on any atom is -0.338 e. The summed E-state index contributed by atoms with van der Waals surface area (Å²) in [6, 6.07) is 0. The summed E-state index contributed by atoms with van der Waals surface area (Å²) >= 11 is 0. The summed E-state index contributed by atoms with van der Waals surface area (Å²) in [5.74, 6) is 1.32. The maximum Gasteiger partial charge on any atom is 0.227 e. The maximum atomic E-state index is 11.9. The molecule has 0 bridgehead atoms. The topological polar surface area (TPSA) is 87.9 Å². The Morgan fingerprint density at radius 2 is 2.31 bits per heavy atom. The van der Waals surface area contributed by atoms with E-state index in [0.29, 0.717) is 18.9 Å². The molecule has 1 aromatic heterocycles. The van der Waals surface area contributed by atoms with Crippen molar-refractivity contribution in [3.05, 3.63) is 11.6 Å². The number of rotatable bonds is 5. The van der Waals surface area contributed by atoms with Gasteiger partial charge in [0.05, 0.1) is 12.5 Å². The van der Waals surface area contributed by atoms with Crippen LogP contribution in [-0.2, 0) is 11.3 Å². The molecule has 3 N–H and O–H groups in total. The molecule has 0 saturated heterocycles. The van der Waals surface area contributed by atoms with E-state index in [1.165, 1.54) is 0 Å². The van der Waals surface area contributed by atoms with Gasteiger partial charge in [-0.3, -0.25) is 9.89 Å². The first kappa shape index (κ1) is 12.6. The van der Waals surface area contributed by atoms with Crippen molar-refractivity contribution in [2.75, 3.05) is 13.6 Å². The zero-order chi connectivity index (χ0) is 12.1. The van der Waals surface area contributed by atoms with Crippen molar-refractivity contribution in [2.24, 2.45) is 11.7 Å². The Bertz CT molecular complexity index is 345. The quantitative estimate of drug-likeness (QED) is 0.741. The first-order valence-electron chi connectivity index (χ1n) is 5.41. The van der Waals surface area contributed by atoms with Crippen LogP contribution in [0.15, 0.2) is 0 Å². The highest BCUT2D eigenvalue weighted by molar-refractivity contribution is 5.78. The Balaban J connectivity index is 2.57. The summed E-state index contributed by atoms with van der Waals surface area (Å²) in [6.07, 6.45) is 0.757. The van der Waals surface area contributed by atoms with Gasteiger partial charge >= 0.3 is 0 Å². The van der Waals surface area contributed by atoms with Crippen molar-refractivity contribution in [2.45, 2.75) is 26.8 Å². The van der Waals surface area contributed by atoms with E-state index in [4.69, 9.17) is 5.73 Å². The van der Waals surface area contributed by atoms with E-state index < -0.39 is 0 Å². The van der Waals surface area contributed by atoms with Gasteiger partial charge in [0.15, 0.2) is 5.82 Å². The van der Waals surface area contributed by atoms with Gasteiger partial charge in [0.25, 0.3) is 0 Å². The maximum absolute atomic E-state index is 11.9. The van der Waals surface area contributed by atoms with Crippen LogP contribution in [0.25, 0.3) is 0 Å². The number of carbonyl (C=O) groups is 1. The van der Waals surface area contributed by atoms with Gasteiger partial charge in [-0.1, -0.05) is 6.92 Å². The average Bonchev–Trinajstić information content (AvgIpc) is 2.65. The van der Waals surface area contributed by atoms with Gasteiger partial charge in [-0.2, -0.15) is 5.10 Å². The number of hydrogen-bond acceptors (Lipinski definition) is 4. The highest BCUT2D eigenvalue weighted by atomic mass is 16.2. The van der Waals surface area contributed by atoms with Crippen molar-refractivity contribution in [1.29, 1.82) is 0 Å². The van der Waals surface area contributed by atoms with Crippen LogP contribution in [0.1, 0.15) is 25.0 Å². The van der Waals surface area contributed by atoms with Gasteiger partial charge in [-0.25, -0.2) is 4.98 Å². The molecule has 1 rings (SSSR count). The van der Waals surface area contributed by atoms with Crippen LogP contribution in [0.4, 0.5) is 0 Å². The molecule has 1 unspecified atom stereocenters. The smallest absolute Gasteiger partial charge is 0.227 e. The number of nitrogens with one attached hydrogen (secondary N) is 1. The Morgan fingerprint density at radius 1 is 1.62 bits per heavy atom. The summed E-state index contributed by atoms with van der Waals surface area (Å²) < 4.78 is 0. The molecule has 0 aliphatic heterocycles. The predicted octanol–water partition coefficient (Wildman–Crippen LogP) is 0.0564. The van der Waals surface area contributed by atoms with E-state index in [0.717, 1.165) is 12.2 Å². The third kappa shape index (κ3) is 3.03. The van der Waals surface area contributed by atoms with Crippen LogP contribution in [-0.4, -0.2) is 39.6 Å². The molecular formula is C10H19N5O. The number of aromatic amines is 1. The van der Waals surface area contributed by atoms with Crippen LogP contribution >= 0.6 is 0 Å². The predicted molar refractivity (Wildman–Crippen MR) is 60.4 cm³/mol. The summed E-state index contributed by atoms with van der Waals surface area (Å²) in [7, 11) is 1.74. The van der Waals surface area contributed by atoms with E-state index in [1.807, 2.05) is 13.8 Å². The van der Waals surface area contributed by atoms with Crippen LogP contribution in [0, 0.1) is 12.8 Å². The molecule has 6 heteroatoms. The molecule has 1 amide bonds. The molecule has 0 radical (unpaired) electrons. The van der Waals surface area contributed by atoms with E-state index >= 15 is 0 Å². The summed E-state index contributed by atoms with van der Waals surface area (Å²) in [4.78, 5) is 17.7. The fourth-order valence-electron chi connectivity index (χ4n) is 1.50. The van der Waals surface area contributed by atoms with Gasteiger partial charge in [0.2, 0.25) is 5.91 Å². The van der Waals surface area contributed by atoms with E-state index in [2.05, 4.69) is 15.2 Å². The number of aryl methyl sites for hydroxylation is 1. The Labute approximate surface area is 95.2 Å². The zero-order valence-electron chi connectivity index (χ0n) is 10.0. The van der Waals surface area contributed by atoms with Crippen LogP contribution in [0.3, 0.4) is 0 Å². The van der Waals surface area contributed by atoms with Gasteiger partial charge in [0.1, 0.15) is 5.82 Å². The monoisotopic (exact) mass is 225 g/mol. The minimum absolute atomic E-state index is 0.0486. The highest BCUT2D eigenvalue weighted by Crippen LogP contribution is 2.07. The highest BCUT2D eigenvalue weighted by Gasteiger charge is 2.19. The van der Waals surface area contributed by atoms with Crippen LogP contribution in [0.5, 0.6) is 0 Å². The molecule has 90 valence electrons. The number of nitrogens with zero attached hydrogens (tertiary/aromatic N) is 3. The molecule has 0 saturated carbocycles. The number of hydrogen-bond donors (Lipinski definition) is 2. The largest absolute Gasteiger partial charge is 0.338 e. The fourth-order valence-corrected chi connectivity index (χ4v) is 1.50. The van der Waals surface area contributed by atoms with Crippen molar-refractivity contribution >= 4 is 5.91 Å².